The number of hydrogen-bond donors (Lipinski definition) is 1. The monoisotopic (exact) mass is 306 g/mol. The Morgan fingerprint density at radius 2 is 2.10 bits per heavy atom. The lowest BCUT2D eigenvalue weighted by Gasteiger charge is -2.26. The van der Waals surface area contributed by atoms with Crippen LogP contribution in [0.15, 0.2) is 0 Å². The van der Waals surface area contributed by atoms with Gasteiger partial charge < -0.3 is 15.0 Å². The van der Waals surface area contributed by atoms with Gasteiger partial charge in [-0.25, -0.2) is 8.42 Å². The summed E-state index contributed by atoms with van der Waals surface area (Å²) in [5.74, 6) is -0.859. The molecule has 0 aromatic heterocycles. The van der Waals surface area contributed by atoms with E-state index in [2.05, 4.69) is 10.1 Å². The van der Waals surface area contributed by atoms with E-state index in [0.717, 1.165) is 0 Å². The van der Waals surface area contributed by atoms with Gasteiger partial charge in [0.2, 0.25) is 5.91 Å². The Morgan fingerprint density at radius 1 is 1.45 bits per heavy atom. The highest BCUT2D eigenvalue weighted by molar-refractivity contribution is 7.91. The molecule has 1 rings (SSSR count). The molecule has 1 fully saturated rings. The summed E-state index contributed by atoms with van der Waals surface area (Å²) >= 11 is 0. The molecule has 2 atom stereocenters. The van der Waals surface area contributed by atoms with Crippen molar-refractivity contribution in [2.24, 2.45) is 5.92 Å². The quantitative estimate of drug-likeness (QED) is 0.657. The molecule has 8 heteroatoms. The van der Waals surface area contributed by atoms with Gasteiger partial charge in [0, 0.05) is 32.6 Å². The second kappa shape index (κ2) is 7.03. The standard InChI is InChI=1S/C12H22N2O5S/c1-9(12(16)19-3)7-14(2)11(15)6-10-8-20(17,18)5-4-13-10/h9-10,13H,4-8H2,1-3H3. The van der Waals surface area contributed by atoms with Gasteiger partial charge >= 0.3 is 5.97 Å². The summed E-state index contributed by atoms with van der Waals surface area (Å²) in [5.41, 5.74) is 0. The van der Waals surface area contributed by atoms with Gasteiger partial charge in [-0.2, -0.15) is 0 Å². The summed E-state index contributed by atoms with van der Waals surface area (Å²) in [4.78, 5) is 24.7. The van der Waals surface area contributed by atoms with E-state index in [1.165, 1.54) is 12.0 Å². The summed E-state index contributed by atoms with van der Waals surface area (Å²) < 4.78 is 27.6. The first-order valence-corrected chi connectivity index (χ1v) is 8.33. The predicted molar refractivity (Wildman–Crippen MR) is 73.9 cm³/mol. The molecule has 1 aliphatic heterocycles. The van der Waals surface area contributed by atoms with Crippen molar-refractivity contribution in [1.29, 1.82) is 0 Å². The van der Waals surface area contributed by atoms with Crippen LogP contribution in [0, 0.1) is 5.92 Å². The van der Waals surface area contributed by atoms with E-state index in [-0.39, 0.29) is 42.4 Å². The highest BCUT2D eigenvalue weighted by Gasteiger charge is 2.27. The summed E-state index contributed by atoms with van der Waals surface area (Å²) in [5, 5.41) is 3.03. The molecular formula is C12H22N2O5S. The van der Waals surface area contributed by atoms with Gasteiger partial charge in [-0.1, -0.05) is 6.92 Å². The molecule has 0 aliphatic carbocycles. The molecular weight excluding hydrogens is 284 g/mol. The zero-order chi connectivity index (χ0) is 15.3. The third kappa shape index (κ3) is 5.09. The number of amides is 1. The largest absolute Gasteiger partial charge is 0.469 e. The summed E-state index contributed by atoms with van der Waals surface area (Å²) in [6, 6.07) is -0.350. The maximum Gasteiger partial charge on any atom is 0.310 e. The topological polar surface area (TPSA) is 92.8 Å². The van der Waals surface area contributed by atoms with Crippen molar-refractivity contribution in [3.63, 3.8) is 0 Å². The van der Waals surface area contributed by atoms with Crippen LogP contribution in [0.25, 0.3) is 0 Å². The van der Waals surface area contributed by atoms with Crippen LogP contribution in [0.3, 0.4) is 0 Å². The zero-order valence-corrected chi connectivity index (χ0v) is 12.9. The highest BCUT2D eigenvalue weighted by atomic mass is 32.2. The minimum Gasteiger partial charge on any atom is -0.469 e. The number of carbonyl (C=O) groups excluding carboxylic acids is 2. The van der Waals surface area contributed by atoms with Crippen LogP contribution in [-0.2, 0) is 24.2 Å². The Bertz CT molecular complexity index is 462. The molecule has 0 spiro atoms. The number of carbonyl (C=O) groups is 2. The molecule has 2 unspecified atom stereocenters. The maximum atomic E-state index is 12.0. The Balaban J connectivity index is 2.47. The van der Waals surface area contributed by atoms with E-state index in [9.17, 15) is 18.0 Å². The van der Waals surface area contributed by atoms with Crippen LogP contribution >= 0.6 is 0 Å². The van der Waals surface area contributed by atoms with Crippen molar-refractivity contribution in [2.45, 2.75) is 19.4 Å². The van der Waals surface area contributed by atoms with E-state index in [4.69, 9.17) is 0 Å². The fourth-order valence-electron chi connectivity index (χ4n) is 2.15. The number of nitrogens with one attached hydrogen (secondary N) is 1. The normalized spacial score (nSPS) is 22.9. The van der Waals surface area contributed by atoms with Crippen LogP contribution < -0.4 is 5.32 Å². The Kier molecular flexibility index (Phi) is 5.94. The van der Waals surface area contributed by atoms with Crippen molar-refractivity contribution >= 4 is 21.7 Å². The number of hydrogen-bond acceptors (Lipinski definition) is 6. The van der Waals surface area contributed by atoms with E-state index in [1.54, 1.807) is 14.0 Å². The molecule has 1 heterocycles. The lowest BCUT2D eigenvalue weighted by molar-refractivity contribution is -0.146. The Morgan fingerprint density at radius 3 is 2.65 bits per heavy atom. The van der Waals surface area contributed by atoms with Crippen molar-refractivity contribution < 1.29 is 22.7 Å². The second-order valence-corrected chi connectivity index (χ2v) is 7.40. The molecule has 0 aromatic carbocycles. The number of sulfone groups is 1. The van der Waals surface area contributed by atoms with E-state index < -0.39 is 15.8 Å². The summed E-state index contributed by atoms with van der Waals surface area (Å²) in [6.07, 6.45) is 0.115. The molecule has 0 bridgehead atoms. The number of esters is 1. The first-order chi connectivity index (χ1) is 9.25. The fourth-order valence-corrected chi connectivity index (χ4v) is 3.60. The van der Waals surface area contributed by atoms with Crippen molar-refractivity contribution in [3.8, 4) is 0 Å². The molecule has 1 saturated heterocycles. The molecule has 0 saturated carbocycles. The SMILES string of the molecule is COC(=O)C(C)CN(C)C(=O)CC1CS(=O)(=O)CCN1. The van der Waals surface area contributed by atoms with Crippen LogP contribution in [0.4, 0.5) is 0 Å². The van der Waals surface area contributed by atoms with Crippen molar-refractivity contribution in [2.75, 3.05) is 38.8 Å². The van der Waals surface area contributed by atoms with Gasteiger partial charge in [0.1, 0.15) is 0 Å². The van der Waals surface area contributed by atoms with Gasteiger partial charge in [-0.05, 0) is 0 Å². The lowest BCUT2D eigenvalue weighted by Crippen LogP contribution is -2.48. The second-order valence-electron chi connectivity index (χ2n) is 5.17. The van der Waals surface area contributed by atoms with Gasteiger partial charge in [-0.3, -0.25) is 9.59 Å². The minimum absolute atomic E-state index is 0.0147. The average Bonchev–Trinajstić information content (AvgIpc) is 2.36. The summed E-state index contributed by atoms with van der Waals surface area (Å²) in [6.45, 7) is 2.31. The zero-order valence-electron chi connectivity index (χ0n) is 12.1. The molecule has 1 aliphatic rings. The van der Waals surface area contributed by atoms with E-state index in [1.807, 2.05) is 0 Å². The smallest absolute Gasteiger partial charge is 0.310 e. The third-order valence-corrected chi connectivity index (χ3v) is 5.04. The van der Waals surface area contributed by atoms with Gasteiger partial charge in [0.15, 0.2) is 9.84 Å². The average molecular weight is 306 g/mol. The van der Waals surface area contributed by atoms with Crippen molar-refractivity contribution in [3.05, 3.63) is 0 Å². The summed E-state index contributed by atoms with van der Waals surface area (Å²) in [7, 11) is -0.152. The van der Waals surface area contributed by atoms with Crippen LogP contribution in [0.2, 0.25) is 0 Å². The first-order valence-electron chi connectivity index (χ1n) is 6.50. The maximum absolute atomic E-state index is 12.0. The highest BCUT2D eigenvalue weighted by Crippen LogP contribution is 2.08. The lowest BCUT2D eigenvalue weighted by atomic mass is 10.1. The van der Waals surface area contributed by atoms with Crippen LogP contribution in [0.1, 0.15) is 13.3 Å². The minimum atomic E-state index is -3.05. The fraction of sp³-hybridized carbons (Fsp3) is 0.833. The number of nitrogens with zero attached hydrogens (tertiary/aromatic N) is 1. The first kappa shape index (κ1) is 16.9. The number of methoxy groups -OCH3 is 1. The van der Waals surface area contributed by atoms with Gasteiger partial charge in [-0.15, -0.1) is 0 Å². The Hall–Kier alpha value is -1.15. The van der Waals surface area contributed by atoms with Crippen LogP contribution in [0.5, 0.6) is 0 Å². The van der Waals surface area contributed by atoms with Gasteiger partial charge in [0.25, 0.3) is 0 Å². The van der Waals surface area contributed by atoms with Crippen molar-refractivity contribution in [1.82, 2.24) is 10.2 Å². The predicted octanol–water partition coefficient (Wildman–Crippen LogP) is -0.969. The third-order valence-electron chi connectivity index (χ3n) is 3.30. The molecule has 116 valence electrons. The molecule has 1 amide bonds. The molecule has 7 nitrogen and oxygen atoms in total. The van der Waals surface area contributed by atoms with Gasteiger partial charge in [0.05, 0.1) is 24.5 Å². The van der Waals surface area contributed by atoms with E-state index >= 15 is 0 Å². The Labute approximate surface area is 119 Å². The number of rotatable bonds is 5. The molecule has 20 heavy (non-hydrogen) atoms. The molecule has 0 aromatic rings. The number of ether oxygens (including phenoxy) is 1. The van der Waals surface area contributed by atoms with Crippen LogP contribution in [-0.4, -0.2) is 70.0 Å². The molecule has 1 N–H and O–H groups in total. The van der Waals surface area contributed by atoms with E-state index in [0.29, 0.717) is 6.54 Å². The molecule has 0 radical (unpaired) electrons.